The second kappa shape index (κ2) is 6.20. The highest BCUT2D eigenvalue weighted by molar-refractivity contribution is 7.90. The number of hydrogen-bond donors (Lipinski definition) is 0. The molecular formula is C16H21N3O2S. The van der Waals surface area contributed by atoms with Crippen LogP contribution in [0.15, 0.2) is 35.5 Å². The molecule has 1 aliphatic carbocycles. The van der Waals surface area contributed by atoms with E-state index in [-0.39, 0.29) is 17.0 Å². The van der Waals surface area contributed by atoms with E-state index >= 15 is 0 Å². The first-order chi connectivity index (χ1) is 10.6. The summed E-state index contributed by atoms with van der Waals surface area (Å²) in [4.78, 5) is 0. The average Bonchev–Trinajstić information content (AvgIpc) is 2.91. The number of nitrogens with zero attached hydrogens (tertiary/aromatic N) is 3. The van der Waals surface area contributed by atoms with Crippen LogP contribution in [0.4, 0.5) is 0 Å². The molecule has 0 unspecified atom stereocenters. The second-order valence-electron chi connectivity index (χ2n) is 5.94. The fourth-order valence-corrected chi connectivity index (χ4v) is 4.69. The molecule has 0 saturated heterocycles. The Morgan fingerprint density at radius 2 is 1.77 bits per heavy atom. The highest BCUT2D eigenvalue weighted by Crippen LogP contribution is 2.31. The van der Waals surface area contributed by atoms with Gasteiger partial charge in [-0.2, -0.15) is 0 Å². The number of benzene rings is 1. The molecule has 1 fully saturated rings. The monoisotopic (exact) mass is 319 g/mol. The van der Waals surface area contributed by atoms with Crippen molar-refractivity contribution in [2.45, 2.75) is 56.0 Å². The lowest BCUT2D eigenvalue weighted by molar-refractivity contribution is 0.329. The van der Waals surface area contributed by atoms with Crippen LogP contribution in [0.5, 0.6) is 0 Å². The normalized spacial score (nSPS) is 16.8. The average molecular weight is 319 g/mol. The Hall–Kier alpha value is -1.69. The maximum atomic E-state index is 12.8. The number of sulfone groups is 1. The summed E-state index contributed by atoms with van der Waals surface area (Å²) in [6.45, 7) is 1.84. The van der Waals surface area contributed by atoms with Gasteiger partial charge in [-0.15, -0.1) is 10.2 Å². The van der Waals surface area contributed by atoms with Crippen LogP contribution in [0.25, 0.3) is 0 Å². The SMILES string of the molecule is Cc1nnc(S(=O)(=O)Cc2ccccc2)n1C1CCCCC1. The van der Waals surface area contributed by atoms with Crippen molar-refractivity contribution in [3.8, 4) is 0 Å². The van der Waals surface area contributed by atoms with Crippen LogP contribution < -0.4 is 0 Å². The quantitative estimate of drug-likeness (QED) is 0.869. The maximum Gasteiger partial charge on any atom is 0.250 e. The van der Waals surface area contributed by atoms with Gasteiger partial charge in [0.25, 0.3) is 0 Å². The molecule has 1 aromatic heterocycles. The molecule has 2 aromatic rings. The Balaban J connectivity index is 1.94. The van der Waals surface area contributed by atoms with Crippen molar-refractivity contribution in [1.82, 2.24) is 14.8 Å². The summed E-state index contributed by atoms with van der Waals surface area (Å²) in [7, 11) is -3.48. The molecule has 0 atom stereocenters. The van der Waals surface area contributed by atoms with E-state index in [0.717, 1.165) is 31.2 Å². The van der Waals surface area contributed by atoms with Gasteiger partial charge < -0.3 is 0 Å². The zero-order valence-electron chi connectivity index (χ0n) is 12.8. The van der Waals surface area contributed by atoms with Crippen LogP contribution in [0, 0.1) is 6.92 Å². The molecule has 0 N–H and O–H groups in total. The standard InChI is InChI=1S/C16H21N3O2S/c1-13-17-18-16(19(13)15-10-6-3-7-11-15)22(20,21)12-14-8-4-2-5-9-14/h2,4-5,8-9,15H,3,6-7,10-12H2,1H3. The highest BCUT2D eigenvalue weighted by Gasteiger charge is 2.28. The van der Waals surface area contributed by atoms with E-state index < -0.39 is 9.84 Å². The summed E-state index contributed by atoms with van der Waals surface area (Å²) in [5.41, 5.74) is 0.776. The summed E-state index contributed by atoms with van der Waals surface area (Å²) in [5.74, 6) is 0.664. The van der Waals surface area contributed by atoms with Gasteiger partial charge in [-0.25, -0.2) is 8.42 Å². The minimum absolute atomic E-state index is 0.0291. The molecular weight excluding hydrogens is 298 g/mol. The fourth-order valence-electron chi connectivity index (χ4n) is 3.18. The lowest BCUT2D eigenvalue weighted by Crippen LogP contribution is -2.20. The third kappa shape index (κ3) is 3.06. The number of hydrogen-bond acceptors (Lipinski definition) is 4. The first-order valence-corrected chi connectivity index (χ1v) is 9.41. The number of rotatable bonds is 4. The van der Waals surface area contributed by atoms with Gasteiger partial charge in [-0.3, -0.25) is 4.57 Å². The van der Waals surface area contributed by atoms with Crippen molar-refractivity contribution in [2.75, 3.05) is 0 Å². The first-order valence-electron chi connectivity index (χ1n) is 7.76. The minimum Gasteiger partial charge on any atom is -0.299 e. The topological polar surface area (TPSA) is 64.8 Å². The first kappa shape index (κ1) is 15.2. The van der Waals surface area contributed by atoms with Gasteiger partial charge >= 0.3 is 0 Å². The molecule has 0 aliphatic heterocycles. The zero-order valence-corrected chi connectivity index (χ0v) is 13.6. The van der Waals surface area contributed by atoms with Crippen LogP contribution in [-0.4, -0.2) is 23.2 Å². The van der Waals surface area contributed by atoms with Gasteiger partial charge in [0.1, 0.15) is 5.82 Å². The number of aromatic nitrogens is 3. The van der Waals surface area contributed by atoms with Crippen molar-refractivity contribution in [3.05, 3.63) is 41.7 Å². The van der Waals surface area contributed by atoms with E-state index in [1.165, 1.54) is 6.42 Å². The van der Waals surface area contributed by atoms with Crippen molar-refractivity contribution >= 4 is 9.84 Å². The van der Waals surface area contributed by atoms with E-state index in [1.807, 2.05) is 41.8 Å². The largest absolute Gasteiger partial charge is 0.299 e. The molecule has 5 nitrogen and oxygen atoms in total. The van der Waals surface area contributed by atoms with Crippen molar-refractivity contribution < 1.29 is 8.42 Å². The van der Waals surface area contributed by atoms with Crippen molar-refractivity contribution in [1.29, 1.82) is 0 Å². The van der Waals surface area contributed by atoms with Crippen LogP contribution in [0.2, 0.25) is 0 Å². The van der Waals surface area contributed by atoms with Gasteiger partial charge in [0.05, 0.1) is 5.75 Å². The molecule has 22 heavy (non-hydrogen) atoms. The molecule has 1 aliphatic rings. The molecule has 0 bridgehead atoms. The Morgan fingerprint density at radius 3 is 2.45 bits per heavy atom. The third-order valence-corrected chi connectivity index (χ3v) is 5.80. The predicted molar refractivity (Wildman–Crippen MR) is 84.2 cm³/mol. The Labute approximate surface area is 131 Å². The van der Waals surface area contributed by atoms with E-state index in [0.29, 0.717) is 5.82 Å². The maximum absolute atomic E-state index is 12.8. The van der Waals surface area contributed by atoms with Crippen LogP contribution in [-0.2, 0) is 15.6 Å². The van der Waals surface area contributed by atoms with E-state index in [1.54, 1.807) is 0 Å². The summed E-state index contributed by atoms with van der Waals surface area (Å²) >= 11 is 0. The number of aryl methyl sites for hydroxylation is 1. The van der Waals surface area contributed by atoms with E-state index in [2.05, 4.69) is 10.2 Å². The lowest BCUT2D eigenvalue weighted by Gasteiger charge is -2.25. The van der Waals surface area contributed by atoms with E-state index in [4.69, 9.17) is 0 Å². The van der Waals surface area contributed by atoms with Crippen molar-refractivity contribution in [3.63, 3.8) is 0 Å². The minimum atomic E-state index is -3.48. The smallest absolute Gasteiger partial charge is 0.250 e. The Bertz CT molecular complexity index is 732. The zero-order chi connectivity index (χ0) is 15.6. The molecule has 1 aromatic carbocycles. The molecule has 1 heterocycles. The summed E-state index contributed by atoms with van der Waals surface area (Å²) in [6, 6.07) is 9.44. The molecule has 1 saturated carbocycles. The van der Waals surface area contributed by atoms with Gasteiger partial charge in [-0.1, -0.05) is 49.6 Å². The van der Waals surface area contributed by atoms with Gasteiger partial charge in [-0.05, 0) is 25.3 Å². The highest BCUT2D eigenvalue weighted by atomic mass is 32.2. The van der Waals surface area contributed by atoms with Crippen LogP contribution in [0.3, 0.4) is 0 Å². The Kier molecular flexibility index (Phi) is 4.29. The van der Waals surface area contributed by atoms with Crippen LogP contribution in [0.1, 0.15) is 49.5 Å². The molecule has 0 spiro atoms. The lowest BCUT2D eigenvalue weighted by atomic mass is 9.95. The molecule has 118 valence electrons. The summed E-state index contributed by atoms with van der Waals surface area (Å²) in [6.07, 6.45) is 5.52. The van der Waals surface area contributed by atoms with Gasteiger partial charge in [0.15, 0.2) is 0 Å². The molecule has 0 radical (unpaired) electrons. The summed E-state index contributed by atoms with van der Waals surface area (Å²) in [5, 5.41) is 8.14. The second-order valence-corrected chi connectivity index (χ2v) is 7.82. The summed E-state index contributed by atoms with van der Waals surface area (Å²) < 4.78 is 27.4. The van der Waals surface area contributed by atoms with Crippen LogP contribution >= 0.6 is 0 Å². The van der Waals surface area contributed by atoms with Crippen molar-refractivity contribution in [2.24, 2.45) is 0 Å². The Morgan fingerprint density at radius 1 is 1.09 bits per heavy atom. The molecule has 6 heteroatoms. The third-order valence-electron chi connectivity index (χ3n) is 4.25. The van der Waals surface area contributed by atoms with Gasteiger partial charge in [0, 0.05) is 6.04 Å². The predicted octanol–water partition coefficient (Wildman–Crippen LogP) is 3.07. The van der Waals surface area contributed by atoms with Gasteiger partial charge in [0.2, 0.25) is 15.0 Å². The molecule has 3 rings (SSSR count). The fraction of sp³-hybridized carbons (Fsp3) is 0.500. The van der Waals surface area contributed by atoms with E-state index in [9.17, 15) is 8.42 Å². The molecule has 0 amide bonds.